The Labute approximate surface area is 127 Å². The molecule has 0 radical (unpaired) electrons. The van der Waals surface area contributed by atoms with Crippen molar-refractivity contribution in [1.29, 1.82) is 0 Å². The predicted molar refractivity (Wildman–Crippen MR) is 89.7 cm³/mol. The van der Waals surface area contributed by atoms with E-state index >= 15 is 0 Å². The number of carboxylic acid groups (broad SMARTS) is 1. The van der Waals surface area contributed by atoms with Crippen LogP contribution in [0, 0.1) is 0 Å². The van der Waals surface area contributed by atoms with E-state index in [9.17, 15) is 0 Å². The molecular formula is C18H24O3. The molecule has 0 heterocycles. The van der Waals surface area contributed by atoms with E-state index < -0.39 is 5.97 Å². The van der Waals surface area contributed by atoms with Crippen LogP contribution >= 0.6 is 0 Å². The Morgan fingerprint density at radius 2 is 1.71 bits per heavy atom. The maximum atomic E-state index is 9.00. The molecule has 3 heteroatoms. The van der Waals surface area contributed by atoms with E-state index in [2.05, 4.69) is 26.7 Å². The second kappa shape index (κ2) is 15.5. The first-order valence-electron chi connectivity index (χ1n) is 6.50. The average molecular weight is 288 g/mol. The van der Waals surface area contributed by atoms with Gasteiger partial charge in [-0.3, -0.25) is 4.79 Å². The van der Waals surface area contributed by atoms with Gasteiger partial charge in [0, 0.05) is 6.92 Å². The van der Waals surface area contributed by atoms with Gasteiger partial charge in [-0.25, -0.2) is 0 Å². The molecule has 0 aliphatic rings. The third-order valence-corrected chi connectivity index (χ3v) is 1.75. The zero-order valence-electron chi connectivity index (χ0n) is 12.8. The van der Waals surface area contributed by atoms with Gasteiger partial charge < -0.3 is 9.84 Å². The lowest BCUT2D eigenvalue weighted by Gasteiger charge is -2.05. The van der Waals surface area contributed by atoms with Crippen LogP contribution in [0.2, 0.25) is 0 Å². The number of hydrogen-bond donors (Lipinski definition) is 1. The highest BCUT2D eigenvalue weighted by atomic mass is 16.5. The number of rotatable bonds is 8. The molecule has 0 aromatic rings. The molecule has 21 heavy (non-hydrogen) atoms. The van der Waals surface area contributed by atoms with Crippen LogP contribution in [0.25, 0.3) is 0 Å². The Bertz CT molecular complexity index is 445. The molecule has 0 bridgehead atoms. The number of ether oxygens (including phenoxy) is 1. The lowest BCUT2D eigenvalue weighted by molar-refractivity contribution is -0.134. The fraction of sp³-hybridized carbons (Fsp3) is 0.167. The molecule has 3 nitrogen and oxygen atoms in total. The van der Waals surface area contributed by atoms with Crippen LogP contribution in [-0.4, -0.2) is 11.1 Å². The summed E-state index contributed by atoms with van der Waals surface area (Å²) in [6.45, 7) is 14.1. The molecule has 0 rings (SSSR count). The molecular weight excluding hydrogens is 264 g/mol. The standard InChI is InChI=1S/C16H20O.C2H4O2/c1-5-9-11-14-15(8-4)17-16(12-7-3)13-10-6-2;1-2(3)4/h6-14H,2-5H2,1H3;1H3,(H,3,4)/b11-9-,13-10-,15-14+,16-12+;. The van der Waals surface area contributed by atoms with E-state index in [1.807, 2.05) is 24.3 Å². The Hall–Kier alpha value is -2.55. The molecule has 0 aliphatic carbocycles. The van der Waals surface area contributed by atoms with Gasteiger partial charge in [0.2, 0.25) is 0 Å². The van der Waals surface area contributed by atoms with Crippen LogP contribution in [0.5, 0.6) is 0 Å². The minimum atomic E-state index is -0.833. The second-order valence-corrected chi connectivity index (χ2v) is 3.63. The van der Waals surface area contributed by atoms with Crippen molar-refractivity contribution in [2.24, 2.45) is 0 Å². The SMILES string of the molecule is C=C/C=C\C(=C/C=C)O/C(C=C)=C/C=C\CC.CC(=O)O. The summed E-state index contributed by atoms with van der Waals surface area (Å²) in [5.41, 5.74) is 0. The van der Waals surface area contributed by atoms with Crippen molar-refractivity contribution >= 4 is 5.97 Å². The van der Waals surface area contributed by atoms with Gasteiger partial charge in [-0.1, -0.05) is 57.0 Å². The van der Waals surface area contributed by atoms with E-state index in [-0.39, 0.29) is 0 Å². The first-order chi connectivity index (χ1) is 10.0. The highest BCUT2D eigenvalue weighted by Gasteiger charge is 1.94. The van der Waals surface area contributed by atoms with Crippen molar-refractivity contribution in [3.63, 3.8) is 0 Å². The third-order valence-electron chi connectivity index (χ3n) is 1.75. The summed E-state index contributed by atoms with van der Waals surface area (Å²) < 4.78 is 5.64. The Morgan fingerprint density at radius 1 is 1.10 bits per heavy atom. The molecule has 1 N–H and O–H groups in total. The van der Waals surface area contributed by atoms with Crippen molar-refractivity contribution in [3.05, 3.63) is 85.9 Å². The number of hydrogen-bond acceptors (Lipinski definition) is 2. The molecule has 0 saturated heterocycles. The van der Waals surface area contributed by atoms with E-state index in [4.69, 9.17) is 14.6 Å². The Balaban J connectivity index is 0. The second-order valence-electron chi connectivity index (χ2n) is 3.63. The number of aliphatic carboxylic acids is 1. The third kappa shape index (κ3) is 17.4. The van der Waals surface area contributed by atoms with Crippen LogP contribution in [0.3, 0.4) is 0 Å². The number of carboxylic acids is 1. The van der Waals surface area contributed by atoms with Gasteiger partial charge in [-0.05, 0) is 30.7 Å². The van der Waals surface area contributed by atoms with Crippen molar-refractivity contribution in [2.45, 2.75) is 20.3 Å². The number of carbonyl (C=O) groups is 1. The minimum absolute atomic E-state index is 0.691. The molecule has 114 valence electrons. The summed E-state index contributed by atoms with van der Waals surface area (Å²) in [6, 6.07) is 0. The maximum Gasteiger partial charge on any atom is 0.300 e. The van der Waals surface area contributed by atoms with Crippen molar-refractivity contribution in [2.75, 3.05) is 0 Å². The van der Waals surface area contributed by atoms with E-state index in [0.29, 0.717) is 11.5 Å². The zero-order valence-corrected chi connectivity index (χ0v) is 12.8. The zero-order chi connectivity index (χ0) is 16.5. The molecule has 0 aliphatic heterocycles. The summed E-state index contributed by atoms with van der Waals surface area (Å²) in [5, 5.41) is 7.42. The monoisotopic (exact) mass is 288 g/mol. The molecule has 0 unspecified atom stereocenters. The normalized spacial score (nSPS) is 11.7. The van der Waals surface area contributed by atoms with Gasteiger partial charge in [0.25, 0.3) is 5.97 Å². The van der Waals surface area contributed by atoms with Gasteiger partial charge in [0.05, 0.1) is 0 Å². The van der Waals surface area contributed by atoms with Crippen molar-refractivity contribution < 1.29 is 14.6 Å². The predicted octanol–water partition coefficient (Wildman–Crippen LogP) is 4.94. The van der Waals surface area contributed by atoms with Gasteiger partial charge >= 0.3 is 0 Å². The van der Waals surface area contributed by atoms with Gasteiger partial charge in [0.1, 0.15) is 11.5 Å². The van der Waals surface area contributed by atoms with Gasteiger partial charge in [0.15, 0.2) is 0 Å². The summed E-state index contributed by atoms with van der Waals surface area (Å²) >= 11 is 0. The van der Waals surface area contributed by atoms with Crippen molar-refractivity contribution in [3.8, 4) is 0 Å². The fourth-order valence-corrected chi connectivity index (χ4v) is 0.981. The van der Waals surface area contributed by atoms with Crippen LogP contribution in [0.4, 0.5) is 0 Å². The van der Waals surface area contributed by atoms with Gasteiger partial charge in [-0.15, -0.1) is 0 Å². The first-order valence-corrected chi connectivity index (χ1v) is 6.50. The Kier molecular flexibility index (Phi) is 15.3. The van der Waals surface area contributed by atoms with Crippen LogP contribution in [-0.2, 0) is 9.53 Å². The van der Waals surface area contributed by atoms with Crippen molar-refractivity contribution in [1.82, 2.24) is 0 Å². The average Bonchev–Trinajstić information content (AvgIpc) is 2.43. The Morgan fingerprint density at radius 3 is 2.14 bits per heavy atom. The quantitative estimate of drug-likeness (QED) is 0.508. The van der Waals surface area contributed by atoms with Crippen LogP contribution < -0.4 is 0 Å². The smallest absolute Gasteiger partial charge is 0.300 e. The topological polar surface area (TPSA) is 46.5 Å². The lowest BCUT2D eigenvalue weighted by Crippen LogP contribution is -1.87. The summed E-state index contributed by atoms with van der Waals surface area (Å²) in [6.07, 6.45) is 17.3. The largest absolute Gasteiger partial charge is 0.481 e. The van der Waals surface area contributed by atoms with E-state index in [1.165, 1.54) is 0 Å². The highest BCUT2D eigenvalue weighted by Crippen LogP contribution is 2.10. The minimum Gasteiger partial charge on any atom is -0.481 e. The van der Waals surface area contributed by atoms with Crippen LogP contribution in [0.15, 0.2) is 85.9 Å². The molecule has 0 saturated carbocycles. The summed E-state index contributed by atoms with van der Waals surface area (Å²) in [5.74, 6) is 0.549. The number of allylic oxidation sites excluding steroid dienone is 9. The molecule has 0 amide bonds. The molecule has 0 aromatic heterocycles. The summed E-state index contributed by atoms with van der Waals surface area (Å²) in [7, 11) is 0. The maximum absolute atomic E-state index is 9.00. The fourth-order valence-electron chi connectivity index (χ4n) is 0.981. The van der Waals surface area contributed by atoms with E-state index in [0.717, 1.165) is 13.3 Å². The highest BCUT2D eigenvalue weighted by molar-refractivity contribution is 5.62. The molecule has 0 fully saturated rings. The van der Waals surface area contributed by atoms with E-state index in [1.54, 1.807) is 30.4 Å². The first kappa shape index (κ1) is 20.8. The summed E-state index contributed by atoms with van der Waals surface area (Å²) in [4.78, 5) is 9.00. The molecule has 0 atom stereocenters. The lowest BCUT2D eigenvalue weighted by atomic mass is 10.3. The molecule has 0 spiro atoms. The molecule has 0 aromatic carbocycles. The van der Waals surface area contributed by atoms with Crippen LogP contribution in [0.1, 0.15) is 20.3 Å². The van der Waals surface area contributed by atoms with Gasteiger partial charge in [-0.2, -0.15) is 0 Å².